The summed E-state index contributed by atoms with van der Waals surface area (Å²) in [6, 6.07) is 0. The van der Waals surface area contributed by atoms with E-state index in [1.807, 2.05) is 21.1 Å². The van der Waals surface area contributed by atoms with Crippen molar-refractivity contribution < 1.29 is 42.9 Å². The number of nitrogens with zero attached hydrogens (tertiary/aromatic N) is 1. The molecule has 0 aliphatic heterocycles. The molecule has 0 spiro atoms. The molecule has 2 unspecified atom stereocenters. The number of carbonyl (C=O) groups excluding carboxylic acids is 2. The highest BCUT2D eigenvalue weighted by Crippen LogP contribution is 2.18. The molecule has 0 rings (SSSR count). The first-order valence-corrected chi connectivity index (χ1v) is 31.7. The van der Waals surface area contributed by atoms with Crippen molar-refractivity contribution in [1.82, 2.24) is 0 Å². The van der Waals surface area contributed by atoms with Crippen molar-refractivity contribution in [3.8, 4) is 0 Å². The molecule has 9 nitrogen and oxygen atoms in total. The second-order valence-corrected chi connectivity index (χ2v) is 22.7. The fourth-order valence-electron chi connectivity index (χ4n) is 9.22. The minimum atomic E-state index is -1.51. The van der Waals surface area contributed by atoms with Crippen LogP contribution >= 0.6 is 0 Å². The Balaban J connectivity index is 3.94. The van der Waals surface area contributed by atoms with Gasteiger partial charge in [-0.15, -0.1) is 0 Å². The summed E-state index contributed by atoms with van der Waals surface area (Å²) in [5.41, 5.74) is 0. The van der Waals surface area contributed by atoms with Crippen LogP contribution in [0.3, 0.4) is 0 Å². The quantitative estimate of drug-likeness (QED) is 0.0211. The molecule has 0 heterocycles. The van der Waals surface area contributed by atoms with Gasteiger partial charge in [0.15, 0.2) is 6.10 Å². The van der Waals surface area contributed by atoms with Gasteiger partial charge in [0.2, 0.25) is 0 Å². The predicted molar refractivity (Wildman–Crippen MR) is 314 cm³/mol. The molecule has 0 saturated carbocycles. The van der Waals surface area contributed by atoms with E-state index >= 15 is 0 Å². The largest absolute Gasteiger partial charge is 0.477 e. The zero-order valence-corrected chi connectivity index (χ0v) is 49.5. The van der Waals surface area contributed by atoms with E-state index in [9.17, 15) is 19.5 Å². The zero-order chi connectivity index (χ0) is 54.1. The summed E-state index contributed by atoms with van der Waals surface area (Å²) in [6.07, 6.45) is 67.0. The summed E-state index contributed by atoms with van der Waals surface area (Å²) in [5.74, 6) is -2.00. The Bertz CT molecular complexity index is 1310. The van der Waals surface area contributed by atoms with Gasteiger partial charge in [0.05, 0.1) is 34.4 Å². The number of carbonyl (C=O) groups is 3. The minimum absolute atomic E-state index is 0.182. The number of unbranched alkanes of at least 4 members (excludes halogenated alkanes) is 38. The Morgan fingerprint density at radius 3 is 1.11 bits per heavy atom. The molecule has 0 bridgehead atoms. The fourth-order valence-corrected chi connectivity index (χ4v) is 9.22. The molecule has 434 valence electrons. The highest BCUT2D eigenvalue weighted by Gasteiger charge is 2.25. The van der Waals surface area contributed by atoms with Crippen LogP contribution in [0.1, 0.15) is 303 Å². The first-order valence-electron chi connectivity index (χ1n) is 31.7. The van der Waals surface area contributed by atoms with E-state index in [-0.39, 0.29) is 32.2 Å². The number of esters is 2. The molecule has 0 fully saturated rings. The average molecular weight is 1050 g/mol. The molecular formula is C65H122NO8+. The van der Waals surface area contributed by atoms with Gasteiger partial charge in [0.25, 0.3) is 6.29 Å². The van der Waals surface area contributed by atoms with E-state index in [1.54, 1.807) is 0 Å². The lowest BCUT2D eigenvalue weighted by Crippen LogP contribution is -2.40. The molecule has 2 atom stereocenters. The number of carboxylic acids is 1. The van der Waals surface area contributed by atoms with Crippen molar-refractivity contribution in [2.24, 2.45) is 0 Å². The lowest BCUT2D eigenvalue weighted by molar-refractivity contribution is -0.870. The van der Waals surface area contributed by atoms with Gasteiger partial charge in [-0.2, -0.15) is 0 Å². The summed E-state index contributed by atoms with van der Waals surface area (Å²) >= 11 is 0. The van der Waals surface area contributed by atoms with E-state index in [0.717, 1.165) is 64.2 Å². The second kappa shape index (κ2) is 56.7. The second-order valence-electron chi connectivity index (χ2n) is 22.7. The third-order valence-electron chi connectivity index (χ3n) is 14.1. The summed E-state index contributed by atoms with van der Waals surface area (Å²) in [4.78, 5) is 37.3. The molecule has 9 heteroatoms. The van der Waals surface area contributed by atoms with Crippen LogP contribution in [0.5, 0.6) is 0 Å². The average Bonchev–Trinajstić information content (AvgIpc) is 3.37. The van der Waals surface area contributed by atoms with Crippen molar-refractivity contribution in [2.45, 2.75) is 315 Å². The SMILES string of the molecule is CCCCC/C=C\CCCCCCCC(=O)OCC(COC(OCC[N+](C)(C)C)C(=O)O)OC(=O)CCCCCCCCCCCCCCCCCCCCCCCCCCC/C=C\C/C=C\CCCCCCC. The zero-order valence-electron chi connectivity index (χ0n) is 49.5. The van der Waals surface area contributed by atoms with Gasteiger partial charge >= 0.3 is 17.9 Å². The van der Waals surface area contributed by atoms with Crippen LogP contribution in [0.2, 0.25) is 0 Å². The number of carboxylic acid groups (broad SMARTS) is 1. The number of rotatable bonds is 59. The molecule has 0 aliphatic carbocycles. The van der Waals surface area contributed by atoms with E-state index in [1.165, 1.54) is 212 Å². The van der Waals surface area contributed by atoms with Crippen molar-refractivity contribution in [1.29, 1.82) is 0 Å². The van der Waals surface area contributed by atoms with Gasteiger partial charge in [-0.25, -0.2) is 4.79 Å². The van der Waals surface area contributed by atoms with Crippen molar-refractivity contribution >= 4 is 17.9 Å². The van der Waals surface area contributed by atoms with Crippen molar-refractivity contribution in [3.63, 3.8) is 0 Å². The van der Waals surface area contributed by atoms with Gasteiger partial charge in [-0.1, -0.05) is 256 Å². The first kappa shape index (κ1) is 71.5. The Morgan fingerprint density at radius 1 is 0.405 bits per heavy atom. The van der Waals surface area contributed by atoms with Crippen LogP contribution in [0.25, 0.3) is 0 Å². The van der Waals surface area contributed by atoms with Gasteiger partial charge in [-0.3, -0.25) is 9.59 Å². The molecule has 0 aromatic carbocycles. The highest BCUT2D eigenvalue weighted by molar-refractivity contribution is 5.71. The standard InChI is InChI=1S/C65H121NO8/c1-6-8-10-12-14-16-18-20-21-22-23-24-25-26-27-28-29-30-31-32-33-34-35-36-37-38-39-40-41-42-43-44-46-48-50-52-54-56-63(68)74-61(60-73-65(64(69)70)71-58-57-66(3,4)5)59-72-62(67)55-53-51-49-47-45-19-17-15-13-11-9-7-2/h15,17-18,20,22-23,61,65H,6-14,16,19,21,24-60H2,1-5H3/p+1/b17-15-,20-18-,23-22-. The lowest BCUT2D eigenvalue weighted by atomic mass is 10.0. The van der Waals surface area contributed by atoms with E-state index in [4.69, 9.17) is 18.9 Å². The molecule has 1 N–H and O–H groups in total. The third kappa shape index (κ3) is 57.2. The van der Waals surface area contributed by atoms with E-state index < -0.39 is 24.3 Å². The third-order valence-corrected chi connectivity index (χ3v) is 14.1. The number of ether oxygens (including phenoxy) is 4. The molecule has 0 aromatic rings. The van der Waals surface area contributed by atoms with Gasteiger partial charge in [0.1, 0.15) is 13.2 Å². The van der Waals surface area contributed by atoms with Crippen LogP contribution in [0.4, 0.5) is 0 Å². The topological polar surface area (TPSA) is 108 Å². The predicted octanol–water partition coefficient (Wildman–Crippen LogP) is 18.9. The van der Waals surface area contributed by atoms with Crippen LogP contribution in [-0.2, 0) is 33.3 Å². The smallest absolute Gasteiger partial charge is 0.361 e. The number of aliphatic carboxylic acids is 1. The van der Waals surface area contributed by atoms with Crippen LogP contribution in [0, 0.1) is 0 Å². The molecule has 74 heavy (non-hydrogen) atoms. The highest BCUT2D eigenvalue weighted by atomic mass is 16.7. The first-order chi connectivity index (χ1) is 36.1. The van der Waals surface area contributed by atoms with Crippen molar-refractivity contribution in [2.75, 3.05) is 47.5 Å². The maximum absolute atomic E-state index is 12.9. The Kier molecular flexibility index (Phi) is 54.8. The molecule has 0 saturated heterocycles. The van der Waals surface area contributed by atoms with Crippen LogP contribution in [-0.4, -0.2) is 87.4 Å². The monoisotopic (exact) mass is 1040 g/mol. The molecular weight excluding hydrogens is 923 g/mol. The Labute approximate surface area is 458 Å². The summed E-state index contributed by atoms with van der Waals surface area (Å²) in [5, 5.41) is 9.69. The summed E-state index contributed by atoms with van der Waals surface area (Å²) in [6.45, 7) is 4.86. The van der Waals surface area contributed by atoms with Crippen molar-refractivity contribution in [3.05, 3.63) is 36.5 Å². The molecule has 0 radical (unpaired) electrons. The summed E-state index contributed by atoms with van der Waals surface area (Å²) in [7, 11) is 5.97. The number of quaternary nitrogens is 1. The Morgan fingerprint density at radius 2 is 0.730 bits per heavy atom. The van der Waals surface area contributed by atoms with Gasteiger partial charge in [0, 0.05) is 12.8 Å². The fraction of sp³-hybridized carbons (Fsp3) is 0.862. The maximum atomic E-state index is 12.9. The minimum Gasteiger partial charge on any atom is -0.477 e. The number of hydrogen-bond acceptors (Lipinski definition) is 7. The van der Waals surface area contributed by atoms with Gasteiger partial charge < -0.3 is 28.5 Å². The lowest BCUT2D eigenvalue weighted by Gasteiger charge is -2.25. The van der Waals surface area contributed by atoms with Crippen LogP contribution < -0.4 is 0 Å². The van der Waals surface area contributed by atoms with Gasteiger partial charge in [-0.05, 0) is 70.6 Å². The van der Waals surface area contributed by atoms with E-state index in [0.29, 0.717) is 17.4 Å². The van der Waals surface area contributed by atoms with E-state index in [2.05, 4.69) is 50.3 Å². The molecule has 0 aliphatic rings. The molecule has 0 aromatic heterocycles. The summed E-state index contributed by atoms with van der Waals surface area (Å²) < 4.78 is 22.9. The number of allylic oxidation sites excluding steroid dienone is 6. The number of likely N-dealkylation sites (N-methyl/N-ethyl adjacent to an activating group) is 1. The van der Waals surface area contributed by atoms with Crippen LogP contribution in [0.15, 0.2) is 36.5 Å². The number of hydrogen-bond donors (Lipinski definition) is 1. The maximum Gasteiger partial charge on any atom is 0.361 e. The Hall–Kier alpha value is -2.49. The normalized spacial score (nSPS) is 12.9. The molecule has 0 amide bonds.